The van der Waals surface area contributed by atoms with E-state index in [2.05, 4.69) is 22.6 Å². The van der Waals surface area contributed by atoms with E-state index < -0.39 is 0 Å². The van der Waals surface area contributed by atoms with E-state index in [1.165, 1.54) is 0 Å². The van der Waals surface area contributed by atoms with Crippen molar-refractivity contribution in [3.8, 4) is 17.2 Å². The molecule has 0 fully saturated rings. The van der Waals surface area contributed by atoms with E-state index in [1.807, 2.05) is 36.4 Å². The summed E-state index contributed by atoms with van der Waals surface area (Å²) in [5.74, 6) is 1.77. The molecule has 0 amide bonds. The van der Waals surface area contributed by atoms with Crippen molar-refractivity contribution < 1.29 is 14.2 Å². The van der Waals surface area contributed by atoms with Gasteiger partial charge in [-0.25, -0.2) is 0 Å². The van der Waals surface area contributed by atoms with Gasteiger partial charge in [0.25, 0.3) is 0 Å². The van der Waals surface area contributed by atoms with Gasteiger partial charge in [0.2, 0.25) is 5.75 Å². The van der Waals surface area contributed by atoms with Crippen molar-refractivity contribution in [3.05, 3.63) is 51.1 Å². The highest BCUT2D eigenvalue weighted by Crippen LogP contribution is 2.43. The molecule has 0 aliphatic heterocycles. The van der Waals surface area contributed by atoms with Gasteiger partial charge >= 0.3 is 0 Å². The minimum absolute atomic E-state index is 0.298. The lowest BCUT2D eigenvalue weighted by Crippen LogP contribution is -2.15. The zero-order valence-electron chi connectivity index (χ0n) is 12.2. The van der Waals surface area contributed by atoms with Crippen LogP contribution < -0.4 is 19.9 Å². The fraction of sp³-hybridized carbons (Fsp3) is 0.250. The van der Waals surface area contributed by atoms with Crippen LogP contribution >= 0.6 is 22.6 Å². The molecule has 0 radical (unpaired) electrons. The molecule has 112 valence electrons. The molecule has 1 unspecified atom stereocenters. The number of hydrogen-bond acceptors (Lipinski definition) is 4. The Hall–Kier alpha value is -1.47. The highest BCUT2D eigenvalue weighted by atomic mass is 127. The third-order valence-corrected chi connectivity index (χ3v) is 4.29. The highest BCUT2D eigenvalue weighted by Gasteiger charge is 2.22. The maximum absolute atomic E-state index is 6.43. The second-order valence-corrected chi connectivity index (χ2v) is 5.58. The lowest BCUT2D eigenvalue weighted by molar-refractivity contribution is 0.321. The second kappa shape index (κ2) is 7.00. The third-order valence-electron chi connectivity index (χ3n) is 3.31. The van der Waals surface area contributed by atoms with Crippen molar-refractivity contribution in [2.45, 2.75) is 6.04 Å². The Morgan fingerprint density at radius 1 is 0.857 bits per heavy atom. The van der Waals surface area contributed by atoms with Crippen LogP contribution in [0.4, 0.5) is 0 Å². The maximum Gasteiger partial charge on any atom is 0.203 e. The van der Waals surface area contributed by atoms with E-state index in [4.69, 9.17) is 19.9 Å². The summed E-state index contributed by atoms with van der Waals surface area (Å²) in [6.07, 6.45) is 0. The van der Waals surface area contributed by atoms with E-state index in [1.54, 1.807) is 21.3 Å². The molecule has 1 atom stereocenters. The summed E-state index contributed by atoms with van der Waals surface area (Å²) in [6, 6.07) is 11.5. The van der Waals surface area contributed by atoms with Crippen molar-refractivity contribution in [1.82, 2.24) is 0 Å². The van der Waals surface area contributed by atoms with Gasteiger partial charge in [-0.05, 0) is 46.4 Å². The molecule has 0 aliphatic rings. The highest BCUT2D eigenvalue weighted by molar-refractivity contribution is 14.1. The van der Waals surface area contributed by atoms with E-state index in [0.29, 0.717) is 17.2 Å². The van der Waals surface area contributed by atoms with Crippen LogP contribution in [0.25, 0.3) is 0 Å². The number of hydrogen-bond donors (Lipinski definition) is 1. The molecule has 0 saturated carbocycles. The topological polar surface area (TPSA) is 53.7 Å². The van der Waals surface area contributed by atoms with Gasteiger partial charge in [0, 0.05) is 9.13 Å². The smallest absolute Gasteiger partial charge is 0.203 e. The van der Waals surface area contributed by atoms with Crippen LogP contribution in [0.2, 0.25) is 0 Å². The summed E-state index contributed by atoms with van der Waals surface area (Å²) < 4.78 is 17.3. The van der Waals surface area contributed by atoms with Gasteiger partial charge in [-0.15, -0.1) is 0 Å². The number of ether oxygens (including phenoxy) is 3. The van der Waals surface area contributed by atoms with E-state index >= 15 is 0 Å². The zero-order valence-corrected chi connectivity index (χ0v) is 14.4. The molecule has 0 aliphatic carbocycles. The number of benzene rings is 2. The van der Waals surface area contributed by atoms with Crippen LogP contribution in [-0.2, 0) is 0 Å². The molecular weight excluding hydrogens is 381 g/mol. The van der Waals surface area contributed by atoms with Gasteiger partial charge in [0.1, 0.15) is 0 Å². The van der Waals surface area contributed by atoms with Gasteiger partial charge in [0.15, 0.2) is 11.5 Å². The van der Waals surface area contributed by atoms with Crippen LogP contribution in [0.15, 0.2) is 36.4 Å². The molecule has 2 aromatic rings. The summed E-state index contributed by atoms with van der Waals surface area (Å²) in [5.41, 5.74) is 8.33. The molecular formula is C16H18INO3. The molecule has 5 heteroatoms. The molecule has 21 heavy (non-hydrogen) atoms. The summed E-state index contributed by atoms with van der Waals surface area (Å²) in [5, 5.41) is 0. The van der Waals surface area contributed by atoms with Crippen LogP contribution in [-0.4, -0.2) is 21.3 Å². The lowest BCUT2D eigenvalue weighted by Gasteiger charge is -2.20. The zero-order chi connectivity index (χ0) is 15.4. The first-order chi connectivity index (χ1) is 10.1. The summed E-state index contributed by atoms with van der Waals surface area (Å²) in [6.45, 7) is 0. The van der Waals surface area contributed by atoms with Gasteiger partial charge in [0.05, 0.1) is 27.4 Å². The predicted octanol–water partition coefficient (Wildman–Crippen LogP) is 3.37. The first kappa shape index (κ1) is 15.9. The fourth-order valence-electron chi connectivity index (χ4n) is 2.26. The van der Waals surface area contributed by atoms with Crippen molar-refractivity contribution in [3.63, 3.8) is 0 Å². The van der Waals surface area contributed by atoms with Gasteiger partial charge in [-0.2, -0.15) is 0 Å². The first-order valence-electron chi connectivity index (χ1n) is 6.42. The number of methoxy groups -OCH3 is 3. The second-order valence-electron chi connectivity index (χ2n) is 4.42. The normalized spacial score (nSPS) is 11.9. The minimum Gasteiger partial charge on any atom is -0.493 e. The Kier molecular flexibility index (Phi) is 5.30. The summed E-state index contributed by atoms with van der Waals surface area (Å²) >= 11 is 2.28. The van der Waals surface area contributed by atoms with Crippen LogP contribution in [0.1, 0.15) is 17.2 Å². The van der Waals surface area contributed by atoms with Crippen molar-refractivity contribution in [2.75, 3.05) is 21.3 Å². The summed E-state index contributed by atoms with van der Waals surface area (Å²) in [7, 11) is 4.78. The Morgan fingerprint density at radius 2 is 1.52 bits per heavy atom. The van der Waals surface area contributed by atoms with Gasteiger partial charge in [-0.3, -0.25) is 0 Å². The Balaban J connectivity index is 2.56. The Bertz CT molecular complexity index is 631. The number of halogens is 1. The van der Waals surface area contributed by atoms with E-state index in [-0.39, 0.29) is 6.04 Å². The lowest BCUT2D eigenvalue weighted by atomic mass is 9.98. The molecule has 4 nitrogen and oxygen atoms in total. The SMILES string of the molecule is COc1ccc(C(N)c2ccccc2I)c(OC)c1OC. The van der Waals surface area contributed by atoms with E-state index in [9.17, 15) is 0 Å². The first-order valence-corrected chi connectivity index (χ1v) is 7.50. The van der Waals surface area contributed by atoms with Gasteiger partial charge in [-0.1, -0.05) is 18.2 Å². The van der Waals surface area contributed by atoms with Crippen LogP contribution in [0.3, 0.4) is 0 Å². The van der Waals surface area contributed by atoms with Crippen LogP contribution in [0.5, 0.6) is 17.2 Å². The average Bonchev–Trinajstić information content (AvgIpc) is 2.52. The van der Waals surface area contributed by atoms with Crippen molar-refractivity contribution in [1.29, 1.82) is 0 Å². The van der Waals surface area contributed by atoms with Crippen LogP contribution in [0, 0.1) is 3.57 Å². The predicted molar refractivity (Wildman–Crippen MR) is 91.3 cm³/mol. The maximum atomic E-state index is 6.43. The fourth-order valence-corrected chi connectivity index (χ4v) is 2.99. The molecule has 2 aromatic carbocycles. The standard InChI is InChI=1S/C16H18INO3/c1-19-13-9-8-11(15(20-2)16(13)21-3)14(18)10-6-4-5-7-12(10)17/h4-9,14H,18H2,1-3H3. The van der Waals surface area contributed by atoms with E-state index in [0.717, 1.165) is 14.7 Å². The summed E-state index contributed by atoms with van der Waals surface area (Å²) in [4.78, 5) is 0. The molecule has 0 spiro atoms. The van der Waals surface area contributed by atoms with Crippen molar-refractivity contribution in [2.24, 2.45) is 5.73 Å². The Morgan fingerprint density at radius 3 is 2.10 bits per heavy atom. The monoisotopic (exact) mass is 399 g/mol. The molecule has 2 N–H and O–H groups in total. The van der Waals surface area contributed by atoms with Gasteiger partial charge < -0.3 is 19.9 Å². The number of rotatable bonds is 5. The number of nitrogens with two attached hydrogens (primary N) is 1. The molecule has 0 saturated heterocycles. The molecule has 0 heterocycles. The third kappa shape index (κ3) is 3.08. The largest absolute Gasteiger partial charge is 0.493 e. The molecule has 0 bridgehead atoms. The average molecular weight is 399 g/mol. The molecule has 0 aromatic heterocycles. The Labute approximate surface area is 138 Å². The minimum atomic E-state index is -0.298. The van der Waals surface area contributed by atoms with Crippen molar-refractivity contribution >= 4 is 22.6 Å². The molecule has 2 rings (SSSR count). The quantitative estimate of drug-likeness (QED) is 0.784.